The van der Waals surface area contributed by atoms with Gasteiger partial charge in [0.2, 0.25) is 0 Å². The van der Waals surface area contributed by atoms with Crippen molar-refractivity contribution in [2.24, 2.45) is 0 Å². The number of aliphatic hydroxyl groups excluding tert-OH is 1. The Hall–Kier alpha value is -2.35. The van der Waals surface area contributed by atoms with Gasteiger partial charge in [-0.2, -0.15) is 0 Å². The number of fused-ring (bicyclic) bond motifs is 1. The lowest BCUT2D eigenvalue weighted by molar-refractivity contribution is -0.129. The molecule has 2 aliphatic rings. The van der Waals surface area contributed by atoms with Crippen LogP contribution in [0, 0.1) is 0 Å². The third-order valence-corrected chi connectivity index (χ3v) is 3.75. The van der Waals surface area contributed by atoms with Crippen LogP contribution in [0.5, 0.6) is 0 Å². The van der Waals surface area contributed by atoms with Crippen molar-refractivity contribution in [2.45, 2.75) is 6.04 Å². The summed E-state index contributed by atoms with van der Waals surface area (Å²) in [7, 11) is 0. The smallest absolute Gasteiger partial charge is 0.327 e. The van der Waals surface area contributed by atoms with E-state index in [9.17, 15) is 14.4 Å². The van der Waals surface area contributed by atoms with E-state index >= 15 is 0 Å². The molecule has 8 nitrogen and oxygen atoms in total. The maximum atomic E-state index is 12.2. The molecule has 0 aromatic carbocycles. The third-order valence-electron chi connectivity index (χ3n) is 3.75. The summed E-state index contributed by atoms with van der Waals surface area (Å²) < 4.78 is 5.07. The first-order chi connectivity index (χ1) is 10.1. The van der Waals surface area contributed by atoms with Crippen LogP contribution in [0.2, 0.25) is 0 Å². The van der Waals surface area contributed by atoms with Crippen molar-refractivity contribution in [3.05, 3.63) is 24.2 Å². The number of rotatable bonds is 3. The number of hydrogen-bond acceptors (Lipinski definition) is 5. The van der Waals surface area contributed by atoms with Crippen LogP contribution in [0.3, 0.4) is 0 Å². The summed E-state index contributed by atoms with van der Waals surface area (Å²) in [5.74, 6) is -0.445. The number of hydrogen-bond donors (Lipinski definition) is 1. The largest absolute Gasteiger partial charge is 0.459 e. The first-order valence-corrected chi connectivity index (χ1v) is 6.69. The number of nitrogens with zero attached hydrogens (tertiary/aromatic N) is 3. The maximum absolute atomic E-state index is 12.2. The minimum atomic E-state index is -0.670. The SMILES string of the molecule is O=C(c1ccco1)N1CCN2C(=O)N(CCO)C(=O)C2C1. The molecular weight excluding hydrogens is 278 g/mol. The summed E-state index contributed by atoms with van der Waals surface area (Å²) in [5.41, 5.74) is 0. The lowest BCUT2D eigenvalue weighted by Gasteiger charge is -2.34. The number of amides is 4. The molecule has 112 valence electrons. The number of piperazine rings is 1. The fourth-order valence-corrected chi connectivity index (χ4v) is 2.70. The zero-order valence-electron chi connectivity index (χ0n) is 11.3. The molecule has 1 aromatic heterocycles. The molecule has 1 unspecified atom stereocenters. The molecule has 2 aliphatic heterocycles. The van der Waals surface area contributed by atoms with Gasteiger partial charge >= 0.3 is 6.03 Å². The third kappa shape index (κ3) is 2.17. The molecule has 0 bridgehead atoms. The van der Waals surface area contributed by atoms with Gasteiger partial charge in [0.15, 0.2) is 5.76 Å². The van der Waals surface area contributed by atoms with Crippen LogP contribution >= 0.6 is 0 Å². The van der Waals surface area contributed by atoms with Crippen molar-refractivity contribution < 1.29 is 23.9 Å². The van der Waals surface area contributed by atoms with Crippen LogP contribution < -0.4 is 0 Å². The van der Waals surface area contributed by atoms with Gasteiger partial charge in [-0.1, -0.05) is 0 Å². The minimum Gasteiger partial charge on any atom is -0.459 e. The molecule has 4 amide bonds. The molecular formula is C13H15N3O5. The van der Waals surface area contributed by atoms with Gasteiger partial charge in [-0.05, 0) is 12.1 Å². The van der Waals surface area contributed by atoms with Gasteiger partial charge in [0, 0.05) is 13.1 Å². The fraction of sp³-hybridized carbons (Fsp3) is 0.462. The highest BCUT2D eigenvalue weighted by molar-refractivity contribution is 6.05. The molecule has 1 aromatic rings. The summed E-state index contributed by atoms with van der Waals surface area (Å²) >= 11 is 0. The minimum absolute atomic E-state index is 0.0171. The van der Waals surface area contributed by atoms with Crippen LogP contribution in [-0.4, -0.2) is 76.5 Å². The van der Waals surface area contributed by atoms with Gasteiger partial charge in [-0.25, -0.2) is 4.79 Å². The Labute approximate surface area is 120 Å². The highest BCUT2D eigenvalue weighted by Crippen LogP contribution is 2.22. The molecule has 0 radical (unpaired) electrons. The van der Waals surface area contributed by atoms with E-state index in [0.717, 1.165) is 4.90 Å². The van der Waals surface area contributed by atoms with Crippen molar-refractivity contribution in [1.82, 2.24) is 14.7 Å². The Balaban J connectivity index is 1.75. The van der Waals surface area contributed by atoms with Crippen molar-refractivity contribution in [3.8, 4) is 0 Å². The van der Waals surface area contributed by atoms with Gasteiger partial charge in [0.1, 0.15) is 6.04 Å². The van der Waals surface area contributed by atoms with Crippen molar-refractivity contribution in [3.63, 3.8) is 0 Å². The van der Waals surface area contributed by atoms with Gasteiger partial charge in [0.05, 0.1) is 26.0 Å². The predicted molar refractivity (Wildman–Crippen MR) is 69.3 cm³/mol. The van der Waals surface area contributed by atoms with Gasteiger partial charge in [0.25, 0.3) is 11.8 Å². The molecule has 8 heteroatoms. The number of urea groups is 1. The second-order valence-electron chi connectivity index (χ2n) is 4.93. The Morgan fingerprint density at radius 1 is 1.38 bits per heavy atom. The molecule has 1 N–H and O–H groups in total. The molecule has 21 heavy (non-hydrogen) atoms. The second kappa shape index (κ2) is 5.21. The molecule has 1 atom stereocenters. The zero-order valence-corrected chi connectivity index (χ0v) is 11.3. The normalized spacial score (nSPS) is 22.0. The van der Waals surface area contributed by atoms with Crippen molar-refractivity contribution >= 4 is 17.8 Å². The number of furan rings is 1. The Kier molecular flexibility index (Phi) is 3.38. The molecule has 3 heterocycles. The molecule has 0 saturated carbocycles. The zero-order chi connectivity index (χ0) is 15.0. The van der Waals surface area contributed by atoms with Crippen LogP contribution in [0.15, 0.2) is 22.8 Å². The van der Waals surface area contributed by atoms with E-state index in [4.69, 9.17) is 9.52 Å². The highest BCUT2D eigenvalue weighted by atomic mass is 16.3. The quantitative estimate of drug-likeness (QED) is 0.748. The number of β-amino-alcohol motifs (C(OH)–C–C–N with tert-alkyl or cyclic N) is 1. The summed E-state index contributed by atoms with van der Waals surface area (Å²) in [4.78, 5) is 40.4. The number of aliphatic hydroxyl groups is 1. The molecule has 0 aliphatic carbocycles. The highest BCUT2D eigenvalue weighted by Gasteiger charge is 2.48. The van der Waals surface area contributed by atoms with E-state index in [1.54, 1.807) is 12.1 Å². The van der Waals surface area contributed by atoms with E-state index in [1.807, 2.05) is 0 Å². The van der Waals surface area contributed by atoms with E-state index in [-0.39, 0.29) is 37.3 Å². The van der Waals surface area contributed by atoms with Crippen LogP contribution in [0.25, 0.3) is 0 Å². The summed E-state index contributed by atoms with van der Waals surface area (Å²) in [6.45, 7) is 0.502. The van der Waals surface area contributed by atoms with Crippen LogP contribution in [0.1, 0.15) is 10.6 Å². The van der Waals surface area contributed by atoms with E-state index < -0.39 is 12.1 Å². The molecule has 0 spiro atoms. The van der Waals surface area contributed by atoms with Gasteiger partial charge in [-0.15, -0.1) is 0 Å². The monoisotopic (exact) mass is 293 g/mol. The molecule has 3 rings (SSSR count). The summed E-state index contributed by atoms with van der Waals surface area (Å²) in [6, 6.07) is 2.12. The first-order valence-electron chi connectivity index (χ1n) is 6.69. The fourth-order valence-electron chi connectivity index (χ4n) is 2.70. The van der Waals surface area contributed by atoms with E-state index in [0.29, 0.717) is 13.1 Å². The number of carbonyl (C=O) groups excluding carboxylic acids is 3. The lowest BCUT2D eigenvalue weighted by atomic mass is 10.1. The van der Waals surface area contributed by atoms with E-state index in [2.05, 4.69) is 0 Å². The number of carbonyl (C=O) groups is 3. The van der Waals surface area contributed by atoms with Crippen molar-refractivity contribution in [2.75, 3.05) is 32.8 Å². The van der Waals surface area contributed by atoms with Gasteiger partial charge in [-0.3, -0.25) is 14.5 Å². The Bertz CT molecular complexity index is 570. The topological polar surface area (TPSA) is 94.3 Å². The summed E-state index contributed by atoms with van der Waals surface area (Å²) in [5, 5.41) is 8.92. The average Bonchev–Trinajstić information content (AvgIpc) is 3.10. The average molecular weight is 293 g/mol. The predicted octanol–water partition coefficient (Wildman–Crippen LogP) is -0.639. The van der Waals surface area contributed by atoms with Crippen molar-refractivity contribution in [1.29, 1.82) is 0 Å². The van der Waals surface area contributed by atoms with Gasteiger partial charge < -0.3 is 19.3 Å². The maximum Gasteiger partial charge on any atom is 0.327 e. The van der Waals surface area contributed by atoms with Crippen LogP contribution in [0.4, 0.5) is 4.79 Å². The molecule has 2 fully saturated rings. The standard InChI is InChI=1S/C13H15N3O5/c17-6-5-16-11(18)9-8-14(3-4-15(9)13(16)20)12(19)10-2-1-7-21-10/h1-2,7,9,17H,3-6,8H2. The van der Waals surface area contributed by atoms with E-state index in [1.165, 1.54) is 16.1 Å². The lowest BCUT2D eigenvalue weighted by Crippen LogP contribution is -2.54. The molecule has 2 saturated heterocycles. The Morgan fingerprint density at radius 2 is 2.19 bits per heavy atom. The Morgan fingerprint density at radius 3 is 2.86 bits per heavy atom. The van der Waals surface area contributed by atoms with Crippen LogP contribution in [-0.2, 0) is 4.79 Å². The number of imide groups is 1. The second-order valence-corrected chi connectivity index (χ2v) is 4.93. The first kappa shape index (κ1) is 13.6. The summed E-state index contributed by atoms with van der Waals surface area (Å²) in [6.07, 6.45) is 1.41.